The maximum Gasteiger partial charge on any atom is 0.406 e. The fourth-order valence-corrected chi connectivity index (χ4v) is 3.19. The van der Waals surface area contributed by atoms with Gasteiger partial charge in [0.1, 0.15) is 12.2 Å². The molecule has 7 heteroatoms. The van der Waals surface area contributed by atoms with E-state index >= 15 is 0 Å². The number of rotatable bonds is 4. The van der Waals surface area contributed by atoms with Crippen LogP contribution in [-0.2, 0) is 0 Å². The van der Waals surface area contributed by atoms with Gasteiger partial charge in [-0.2, -0.15) is 13.2 Å². The monoisotopic (exact) mass is 339 g/mol. The summed E-state index contributed by atoms with van der Waals surface area (Å²) in [5, 5.41) is 3.99. The number of nitrogens with one attached hydrogen (secondary N) is 2. The number of aromatic nitrogens is 1. The van der Waals surface area contributed by atoms with Crippen molar-refractivity contribution in [2.24, 2.45) is 5.92 Å². The molecule has 1 unspecified atom stereocenters. The molecule has 1 fully saturated rings. The molecule has 4 nitrogen and oxygen atoms in total. The van der Waals surface area contributed by atoms with E-state index in [0.717, 1.165) is 35.2 Å². The van der Waals surface area contributed by atoms with Gasteiger partial charge in [0.25, 0.3) is 5.91 Å². The van der Waals surface area contributed by atoms with Gasteiger partial charge in [-0.15, -0.1) is 0 Å². The molecule has 1 saturated heterocycles. The number of para-hydroxylation sites is 1. The summed E-state index contributed by atoms with van der Waals surface area (Å²) >= 11 is 0. The van der Waals surface area contributed by atoms with Gasteiger partial charge in [0.05, 0.1) is 0 Å². The minimum absolute atomic E-state index is 0.0504. The van der Waals surface area contributed by atoms with Crippen molar-refractivity contribution in [3.05, 3.63) is 36.0 Å². The SMILES string of the molecule is O=C(c1cc2ccccc2[nH]1)N(CC1CCCNC1)CC(F)(F)F. The Morgan fingerprint density at radius 1 is 1.29 bits per heavy atom. The van der Waals surface area contributed by atoms with Gasteiger partial charge in [-0.05, 0) is 44.0 Å². The Balaban J connectivity index is 1.81. The molecule has 0 aliphatic carbocycles. The quantitative estimate of drug-likeness (QED) is 0.899. The molecular weight excluding hydrogens is 319 g/mol. The number of H-pyrrole nitrogens is 1. The van der Waals surface area contributed by atoms with Crippen LogP contribution in [0.1, 0.15) is 23.3 Å². The molecule has 0 bridgehead atoms. The molecule has 2 heterocycles. The van der Waals surface area contributed by atoms with Crippen LogP contribution < -0.4 is 5.32 Å². The third kappa shape index (κ3) is 4.08. The Hall–Kier alpha value is -2.02. The maximum atomic E-state index is 12.9. The van der Waals surface area contributed by atoms with Crippen molar-refractivity contribution < 1.29 is 18.0 Å². The molecule has 130 valence electrons. The van der Waals surface area contributed by atoms with E-state index in [-0.39, 0.29) is 18.2 Å². The molecule has 1 aliphatic rings. The molecule has 1 amide bonds. The summed E-state index contributed by atoms with van der Waals surface area (Å²) in [6.45, 7) is 0.415. The van der Waals surface area contributed by atoms with Crippen LogP contribution in [-0.4, -0.2) is 48.1 Å². The van der Waals surface area contributed by atoms with Crippen molar-refractivity contribution in [1.82, 2.24) is 15.2 Å². The first kappa shape index (κ1) is 16.8. The highest BCUT2D eigenvalue weighted by molar-refractivity contribution is 5.98. The fraction of sp³-hybridized carbons (Fsp3) is 0.471. The van der Waals surface area contributed by atoms with Crippen molar-refractivity contribution in [2.45, 2.75) is 19.0 Å². The van der Waals surface area contributed by atoms with Crippen LogP contribution in [0.2, 0.25) is 0 Å². The van der Waals surface area contributed by atoms with Gasteiger partial charge in [0, 0.05) is 17.4 Å². The zero-order valence-corrected chi connectivity index (χ0v) is 13.2. The largest absolute Gasteiger partial charge is 0.406 e. The Bertz CT molecular complexity index is 671. The lowest BCUT2D eigenvalue weighted by Gasteiger charge is -2.30. The Morgan fingerprint density at radius 3 is 2.75 bits per heavy atom. The Morgan fingerprint density at radius 2 is 2.08 bits per heavy atom. The molecule has 2 aromatic rings. The molecule has 1 aromatic heterocycles. The van der Waals surface area contributed by atoms with Crippen LogP contribution in [0.15, 0.2) is 30.3 Å². The number of aromatic amines is 1. The van der Waals surface area contributed by atoms with Crippen LogP contribution in [0.5, 0.6) is 0 Å². The Kier molecular flexibility index (Phi) is 4.80. The fourth-order valence-electron chi connectivity index (χ4n) is 3.19. The number of fused-ring (bicyclic) bond motifs is 1. The molecule has 0 spiro atoms. The van der Waals surface area contributed by atoms with Gasteiger partial charge in [-0.25, -0.2) is 0 Å². The highest BCUT2D eigenvalue weighted by atomic mass is 19.4. The number of halogens is 3. The molecule has 1 aromatic carbocycles. The minimum atomic E-state index is -4.41. The number of benzene rings is 1. The molecule has 1 atom stereocenters. The summed E-state index contributed by atoms with van der Waals surface area (Å²) in [5.74, 6) is -0.552. The second-order valence-electron chi connectivity index (χ2n) is 6.28. The average Bonchev–Trinajstić information content (AvgIpc) is 2.97. The smallest absolute Gasteiger partial charge is 0.351 e. The molecule has 0 radical (unpaired) electrons. The van der Waals surface area contributed by atoms with Crippen LogP contribution in [0.25, 0.3) is 10.9 Å². The number of nitrogens with zero attached hydrogens (tertiary/aromatic N) is 1. The van der Waals surface area contributed by atoms with Gasteiger partial charge in [0.15, 0.2) is 0 Å². The van der Waals surface area contributed by atoms with E-state index in [1.54, 1.807) is 12.1 Å². The standard InChI is InChI=1S/C17H20F3N3O/c18-17(19,20)11-23(10-12-4-3-7-21-9-12)16(24)15-8-13-5-1-2-6-14(13)22-15/h1-2,5-6,8,12,21-22H,3-4,7,9-11H2. The maximum absolute atomic E-state index is 12.9. The highest BCUT2D eigenvalue weighted by Crippen LogP contribution is 2.22. The zero-order valence-electron chi connectivity index (χ0n) is 13.2. The summed E-state index contributed by atoms with van der Waals surface area (Å²) in [7, 11) is 0. The van der Waals surface area contributed by atoms with E-state index in [2.05, 4.69) is 10.3 Å². The van der Waals surface area contributed by atoms with E-state index in [0.29, 0.717) is 6.54 Å². The van der Waals surface area contributed by atoms with Crippen molar-refractivity contribution in [1.29, 1.82) is 0 Å². The molecule has 24 heavy (non-hydrogen) atoms. The normalized spacial score (nSPS) is 18.7. The molecule has 1 aliphatic heterocycles. The van der Waals surface area contributed by atoms with Crippen molar-refractivity contribution in [3.8, 4) is 0 Å². The molecule has 2 N–H and O–H groups in total. The number of amides is 1. The summed E-state index contributed by atoms with van der Waals surface area (Å²) in [4.78, 5) is 16.5. The number of carbonyl (C=O) groups is 1. The first-order valence-electron chi connectivity index (χ1n) is 8.07. The van der Waals surface area contributed by atoms with Gasteiger partial charge < -0.3 is 15.2 Å². The lowest BCUT2D eigenvalue weighted by Crippen LogP contribution is -2.45. The number of alkyl halides is 3. The lowest BCUT2D eigenvalue weighted by atomic mass is 9.99. The third-order valence-electron chi connectivity index (χ3n) is 4.30. The highest BCUT2D eigenvalue weighted by Gasteiger charge is 2.35. The van der Waals surface area contributed by atoms with Crippen molar-refractivity contribution in [3.63, 3.8) is 0 Å². The summed E-state index contributed by atoms with van der Waals surface area (Å²) < 4.78 is 38.8. The predicted octanol–water partition coefficient (Wildman–Crippen LogP) is 3.17. The second-order valence-corrected chi connectivity index (χ2v) is 6.28. The van der Waals surface area contributed by atoms with E-state index in [1.807, 2.05) is 18.2 Å². The first-order chi connectivity index (χ1) is 11.4. The van der Waals surface area contributed by atoms with Crippen molar-refractivity contribution >= 4 is 16.8 Å². The van der Waals surface area contributed by atoms with Gasteiger partial charge in [-0.1, -0.05) is 18.2 Å². The van der Waals surface area contributed by atoms with E-state index in [4.69, 9.17) is 0 Å². The Labute approximate surface area is 138 Å². The summed E-state index contributed by atoms with van der Waals surface area (Å²) in [6, 6.07) is 8.87. The van der Waals surface area contributed by atoms with Crippen LogP contribution in [0, 0.1) is 5.92 Å². The molecule has 3 rings (SSSR count). The molecular formula is C17H20F3N3O. The van der Waals surface area contributed by atoms with Crippen LogP contribution in [0.3, 0.4) is 0 Å². The first-order valence-corrected chi connectivity index (χ1v) is 8.07. The summed E-state index contributed by atoms with van der Waals surface area (Å²) in [6.07, 6.45) is -2.66. The summed E-state index contributed by atoms with van der Waals surface area (Å²) in [5.41, 5.74) is 0.941. The van der Waals surface area contributed by atoms with E-state index in [9.17, 15) is 18.0 Å². The van der Waals surface area contributed by atoms with E-state index < -0.39 is 18.6 Å². The number of hydrogen-bond donors (Lipinski definition) is 2. The number of carbonyl (C=O) groups excluding carboxylic acids is 1. The lowest BCUT2D eigenvalue weighted by molar-refractivity contribution is -0.141. The average molecular weight is 339 g/mol. The number of hydrogen-bond acceptors (Lipinski definition) is 2. The second kappa shape index (κ2) is 6.84. The topological polar surface area (TPSA) is 48.1 Å². The minimum Gasteiger partial charge on any atom is -0.351 e. The van der Waals surface area contributed by atoms with E-state index in [1.165, 1.54) is 0 Å². The zero-order chi connectivity index (χ0) is 17.2. The number of piperidine rings is 1. The van der Waals surface area contributed by atoms with Gasteiger partial charge in [-0.3, -0.25) is 4.79 Å². The van der Waals surface area contributed by atoms with Crippen molar-refractivity contribution in [2.75, 3.05) is 26.2 Å². The predicted molar refractivity (Wildman–Crippen MR) is 85.9 cm³/mol. The van der Waals surface area contributed by atoms with Gasteiger partial charge >= 0.3 is 6.18 Å². The van der Waals surface area contributed by atoms with Crippen LogP contribution >= 0.6 is 0 Å². The molecule has 0 saturated carbocycles. The third-order valence-corrected chi connectivity index (χ3v) is 4.30. The van der Waals surface area contributed by atoms with Crippen LogP contribution in [0.4, 0.5) is 13.2 Å². The van der Waals surface area contributed by atoms with Gasteiger partial charge in [0.2, 0.25) is 0 Å².